The Morgan fingerprint density at radius 1 is 0.909 bits per heavy atom. The molecular weight excluding hydrogens is 268 g/mol. The summed E-state index contributed by atoms with van der Waals surface area (Å²) in [6.07, 6.45) is 7.32. The first-order chi connectivity index (χ1) is 10.9. The molecule has 1 aliphatic rings. The zero-order valence-corrected chi connectivity index (χ0v) is 12.7. The van der Waals surface area contributed by atoms with Crippen molar-refractivity contribution < 1.29 is 0 Å². The number of aromatic nitrogens is 2. The molecule has 0 radical (unpaired) electrons. The van der Waals surface area contributed by atoms with Gasteiger partial charge in [0.15, 0.2) is 0 Å². The third-order valence-electron chi connectivity index (χ3n) is 4.43. The maximum absolute atomic E-state index is 4.96. The van der Waals surface area contributed by atoms with Crippen molar-refractivity contribution in [2.24, 2.45) is 0 Å². The fourth-order valence-electron chi connectivity index (χ4n) is 3.29. The van der Waals surface area contributed by atoms with Crippen LogP contribution in [-0.2, 0) is 6.54 Å². The number of rotatable bonds is 3. The van der Waals surface area contributed by atoms with Crippen LogP contribution in [-0.4, -0.2) is 9.78 Å². The van der Waals surface area contributed by atoms with Crippen LogP contribution in [0.4, 0.5) is 0 Å². The molecule has 0 aliphatic heterocycles. The predicted molar refractivity (Wildman–Crippen MR) is 91.7 cm³/mol. The summed E-state index contributed by atoms with van der Waals surface area (Å²) >= 11 is 0. The molecule has 0 amide bonds. The van der Waals surface area contributed by atoms with E-state index in [1.54, 1.807) is 0 Å². The predicted octanol–water partition coefficient (Wildman–Crippen LogP) is 5.04. The zero-order valence-electron chi connectivity index (χ0n) is 12.7. The highest BCUT2D eigenvalue weighted by Gasteiger charge is 2.15. The summed E-state index contributed by atoms with van der Waals surface area (Å²) in [5, 5.41) is 6.24. The Balaban J connectivity index is 1.80. The minimum absolute atomic E-state index is 0.828. The van der Waals surface area contributed by atoms with E-state index in [2.05, 4.69) is 65.4 Å². The molecule has 0 N–H and O–H groups in total. The first kappa shape index (κ1) is 13.3. The van der Waals surface area contributed by atoms with Crippen LogP contribution in [0.1, 0.15) is 36.9 Å². The zero-order chi connectivity index (χ0) is 14.8. The van der Waals surface area contributed by atoms with Crippen LogP contribution >= 0.6 is 0 Å². The smallest absolute Gasteiger partial charge is 0.0958 e. The topological polar surface area (TPSA) is 17.8 Å². The Hall–Kier alpha value is -2.35. The first-order valence-corrected chi connectivity index (χ1v) is 8.11. The quantitative estimate of drug-likeness (QED) is 0.660. The standard InChI is InChI=1S/C20H20N2/c1-3-9-16(10-4-1)15-22-19-14-8-7-13-18(19)20(21-22)17-11-5-2-6-12-17/h1,3-4,7-11,13-14H,2,5-6,12,15H2. The number of hydrogen-bond donors (Lipinski definition) is 0. The van der Waals surface area contributed by atoms with Crippen LogP contribution in [0.5, 0.6) is 0 Å². The molecule has 110 valence electrons. The second-order valence-electron chi connectivity index (χ2n) is 5.98. The molecule has 0 atom stereocenters. The van der Waals surface area contributed by atoms with Crippen LogP contribution < -0.4 is 0 Å². The van der Waals surface area contributed by atoms with Crippen molar-refractivity contribution in [3.8, 4) is 0 Å². The average molecular weight is 288 g/mol. The molecule has 0 saturated carbocycles. The molecule has 0 fully saturated rings. The highest BCUT2D eigenvalue weighted by Crippen LogP contribution is 2.31. The summed E-state index contributed by atoms with van der Waals surface area (Å²) in [5.41, 5.74) is 5.13. The number of nitrogens with zero attached hydrogens (tertiary/aromatic N) is 2. The lowest BCUT2D eigenvalue weighted by Gasteiger charge is -2.10. The van der Waals surface area contributed by atoms with E-state index in [-0.39, 0.29) is 0 Å². The lowest BCUT2D eigenvalue weighted by molar-refractivity contribution is 0.699. The highest BCUT2D eigenvalue weighted by atomic mass is 15.3. The molecule has 1 aliphatic carbocycles. The van der Waals surface area contributed by atoms with Gasteiger partial charge < -0.3 is 0 Å². The van der Waals surface area contributed by atoms with Crippen LogP contribution in [0.3, 0.4) is 0 Å². The van der Waals surface area contributed by atoms with E-state index in [4.69, 9.17) is 5.10 Å². The van der Waals surface area contributed by atoms with E-state index in [0.717, 1.165) is 13.0 Å². The summed E-state index contributed by atoms with van der Waals surface area (Å²) in [6.45, 7) is 0.828. The van der Waals surface area contributed by atoms with Crippen LogP contribution in [0.25, 0.3) is 16.5 Å². The molecule has 0 saturated heterocycles. The van der Waals surface area contributed by atoms with Crippen molar-refractivity contribution in [3.63, 3.8) is 0 Å². The van der Waals surface area contributed by atoms with Gasteiger partial charge in [-0.05, 0) is 42.9 Å². The summed E-state index contributed by atoms with van der Waals surface area (Å²) in [6, 6.07) is 19.2. The summed E-state index contributed by atoms with van der Waals surface area (Å²) in [5.74, 6) is 0. The van der Waals surface area contributed by atoms with Gasteiger partial charge in [-0.2, -0.15) is 5.10 Å². The molecule has 2 aromatic carbocycles. The molecule has 22 heavy (non-hydrogen) atoms. The minimum atomic E-state index is 0.828. The van der Waals surface area contributed by atoms with E-state index >= 15 is 0 Å². The number of fused-ring (bicyclic) bond motifs is 1. The van der Waals surface area contributed by atoms with Gasteiger partial charge in [0.2, 0.25) is 0 Å². The SMILES string of the molecule is C1=C(c2nn(Cc3ccccc3)c3ccccc23)CCCC1. The Morgan fingerprint density at radius 3 is 2.55 bits per heavy atom. The van der Waals surface area contributed by atoms with Gasteiger partial charge in [0.25, 0.3) is 0 Å². The van der Waals surface area contributed by atoms with Crippen molar-refractivity contribution in [3.05, 3.63) is 71.9 Å². The maximum Gasteiger partial charge on any atom is 0.0958 e. The molecule has 1 heterocycles. The molecule has 2 nitrogen and oxygen atoms in total. The Labute approximate surface area is 131 Å². The fourth-order valence-corrected chi connectivity index (χ4v) is 3.29. The monoisotopic (exact) mass is 288 g/mol. The van der Waals surface area contributed by atoms with Gasteiger partial charge >= 0.3 is 0 Å². The molecule has 1 aromatic heterocycles. The largest absolute Gasteiger partial charge is 0.260 e. The summed E-state index contributed by atoms with van der Waals surface area (Å²) in [7, 11) is 0. The molecule has 4 rings (SSSR count). The van der Waals surface area contributed by atoms with Crippen molar-refractivity contribution >= 4 is 16.5 Å². The maximum atomic E-state index is 4.96. The van der Waals surface area contributed by atoms with E-state index in [1.165, 1.54) is 47.0 Å². The van der Waals surface area contributed by atoms with Gasteiger partial charge in [-0.25, -0.2) is 0 Å². The summed E-state index contributed by atoms with van der Waals surface area (Å²) < 4.78 is 2.15. The molecule has 2 heteroatoms. The Morgan fingerprint density at radius 2 is 1.73 bits per heavy atom. The average Bonchev–Trinajstić information content (AvgIpc) is 2.96. The second-order valence-corrected chi connectivity index (χ2v) is 5.98. The first-order valence-electron chi connectivity index (χ1n) is 8.11. The molecule has 0 unspecified atom stereocenters. The van der Waals surface area contributed by atoms with Gasteiger partial charge in [0.1, 0.15) is 0 Å². The van der Waals surface area contributed by atoms with Crippen molar-refractivity contribution in [2.45, 2.75) is 32.2 Å². The summed E-state index contributed by atoms with van der Waals surface area (Å²) in [4.78, 5) is 0. The van der Waals surface area contributed by atoms with E-state index < -0.39 is 0 Å². The van der Waals surface area contributed by atoms with Crippen molar-refractivity contribution in [1.82, 2.24) is 9.78 Å². The molecular formula is C20H20N2. The van der Waals surface area contributed by atoms with E-state index in [9.17, 15) is 0 Å². The van der Waals surface area contributed by atoms with Crippen LogP contribution in [0, 0.1) is 0 Å². The Bertz CT molecular complexity index is 812. The Kier molecular flexibility index (Phi) is 3.51. The highest BCUT2D eigenvalue weighted by molar-refractivity contribution is 5.90. The normalized spacial score (nSPS) is 15.0. The van der Waals surface area contributed by atoms with Crippen LogP contribution in [0.2, 0.25) is 0 Å². The van der Waals surface area contributed by atoms with Gasteiger partial charge in [-0.3, -0.25) is 4.68 Å². The molecule has 0 spiro atoms. The van der Waals surface area contributed by atoms with Gasteiger partial charge in [0, 0.05) is 5.39 Å². The lowest BCUT2D eigenvalue weighted by atomic mass is 9.95. The van der Waals surface area contributed by atoms with Crippen molar-refractivity contribution in [1.29, 1.82) is 0 Å². The number of para-hydroxylation sites is 1. The van der Waals surface area contributed by atoms with Gasteiger partial charge in [-0.15, -0.1) is 0 Å². The third kappa shape index (κ3) is 2.45. The van der Waals surface area contributed by atoms with E-state index in [0.29, 0.717) is 0 Å². The third-order valence-corrected chi connectivity index (χ3v) is 4.43. The minimum Gasteiger partial charge on any atom is -0.260 e. The number of allylic oxidation sites excluding steroid dienone is 2. The lowest BCUT2D eigenvalue weighted by Crippen LogP contribution is -2.02. The van der Waals surface area contributed by atoms with Gasteiger partial charge in [-0.1, -0.05) is 54.6 Å². The number of hydrogen-bond acceptors (Lipinski definition) is 1. The number of benzene rings is 2. The van der Waals surface area contributed by atoms with E-state index in [1.807, 2.05) is 0 Å². The van der Waals surface area contributed by atoms with Crippen molar-refractivity contribution in [2.75, 3.05) is 0 Å². The molecule has 0 bridgehead atoms. The fraction of sp³-hybridized carbons (Fsp3) is 0.250. The van der Waals surface area contributed by atoms with Crippen LogP contribution in [0.15, 0.2) is 60.7 Å². The van der Waals surface area contributed by atoms with Gasteiger partial charge in [0.05, 0.1) is 17.8 Å². The molecule has 3 aromatic rings. The second kappa shape index (κ2) is 5.80.